The lowest BCUT2D eigenvalue weighted by molar-refractivity contribution is 0.199. The van der Waals surface area contributed by atoms with E-state index >= 15 is 0 Å². The maximum absolute atomic E-state index is 5.47. The molecule has 1 aromatic carbocycles. The topological polar surface area (TPSA) is 64.4 Å². The van der Waals surface area contributed by atoms with E-state index in [0.717, 1.165) is 69.4 Å². The lowest BCUT2D eigenvalue weighted by Gasteiger charge is -2.32. The molecular weight excluding hydrogens is 378 g/mol. The van der Waals surface area contributed by atoms with Crippen LogP contribution in [0.2, 0.25) is 0 Å². The Hall–Kier alpha value is -1.83. The van der Waals surface area contributed by atoms with Crippen molar-refractivity contribution in [2.24, 2.45) is 0 Å². The van der Waals surface area contributed by atoms with Crippen molar-refractivity contribution >= 4 is 12.4 Å². The second kappa shape index (κ2) is 9.11. The zero-order valence-corrected chi connectivity index (χ0v) is 17.7. The van der Waals surface area contributed by atoms with Gasteiger partial charge >= 0.3 is 0 Å². The van der Waals surface area contributed by atoms with Gasteiger partial charge in [-0.1, -0.05) is 0 Å². The highest BCUT2D eigenvalue weighted by molar-refractivity contribution is 5.85. The number of hydrogen-bond acceptors (Lipinski definition) is 6. The normalized spacial score (nSPS) is 17.7. The van der Waals surface area contributed by atoms with Gasteiger partial charge < -0.3 is 19.4 Å². The molecule has 1 saturated heterocycles. The molecule has 154 valence electrons. The number of halogens is 1. The van der Waals surface area contributed by atoms with E-state index in [1.807, 2.05) is 0 Å². The molecule has 0 saturated carbocycles. The van der Waals surface area contributed by atoms with Crippen LogP contribution in [0.1, 0.15) is 41.5 Å². The number of piperidine rings is 1. The Morgan fingerprint density at radius 3 is 2.50 bits per heavy atom. The average Bonchev–Trinajstić information content (AvgIpc) is 3.14. The van der Waals surface area contributed by atoms with Gasteiger partial charge in [-0.15, -0.1) is 22.6 Å². The number of nitrogens with one attached hydrogen (secondary N) is 1. The molecule has 1 N–H and O–H groups in total. The molecule has 0 radical (unpaired) electrons. The van der Waals surface area contributed by atoms with Crippen molar-refractivity contribution in [3.63, 3.8) is 0 Å². The summed E-state index contributed by atoms with van der Waals surface area (Å²) in [6.07, 6.45) is 2.27. The molecule has 1 fully saturated rings. The number of ether oxygens (including phenoxy) is 2. The van der Waals surface area contributed by atoms with Gasteiger partial charge in [0.25, 0.3) is 0 Å². The third-order valence-electron chi connectivity index (χ3n) is 5.84. The van der Waals surface area contributed by atoms with Crippen molar-refractivity contribution < 1.29 is 9.47 Å². The molecule has 0 atom stereocenters. The van der Waals surface area contributed by atoms with Crippen LogP contribution in [0.3, 0.4) is 0 Å². The maximum Gasteiger partial charge on any atom is 0.161 e. The summed E-state index contributed by atoms with van der Waals surface area (Å²) in [4.78, 5) is 2.53. The van der Waals surface area contributed by atoms with Gasteiger partial charge in [-0.05, 0) is 56.1 Å². The van der Waals surface area contributed by atoms with Gasteiger partial charge in [-0.2, -0.15) is 0 Å². The fourth-order valence-corrected chi connectivity index (χ4v) is 4.20. The fourth-order valence-electron chi connectivity index (χ4n) is 4.20. The van der Waals surface area contributed by atoms with Crippen molar-refractivity contribution in [1.82, 2.24) is 25.0 Å². The summed E-state index contributed by atoms with van der Waals surface area (Å²) < 4.78 is 13.2. The molecule has 0 unspecified atom stereocenters. The zero-order valence-electron chi connectivity index (χ0n) is 16.9. The molecular formula is C20H30ClN5O2. The van der Waals surface area contributed by atoms with Crippen molar-refractivity contribution in [3.8, 4) is 11.5 Å². The van der Waals surface area contributed by atoms with E-state index in [9.17, 15) is 0 Å². The Labute approximate surface area is 172 Å². The Kier molecular flexibility index (Phi) is 6.80. The molecule has 7 nitrogen and oxygen atoms in total. The van der Waals surface area contributed by atoms with Gasteiger partial charge in [-0.25, -0.2) is 0 Å². The predicted octanol–water partition coefficient (Wildman–Crippen LogP) is 2.51. The highest BCUT2D eigenvalue weighted by Gasteiger charge is 2.27. The first-order valence-electron chi connectivity index (χ1n) is 9.76. The van der Waals surface area contributed by atoms with Crippen LogP contribution in [0.4, 0.5) is 0 Å². The lowest BCUT2D eigenvalue weighted by atomic mass is 9.95. The van der Waals surface area contributed by atoms with E-state index in [2.05, 4.69) is 44.0 Å². The summed E-state index contributed by atoms with van der Waals surface area (Å²) >= 11 is 0. The van der Waals surface area contributed by atoms with Gasteiger partial charge in [0.15, 0.2) is 11.5 Å². The number of aromatic nitrogens is 3. The standard InChI is InChI=1S/C20H29N5O2.ClH/c1-14-10-17(26-2)18(27-3)11-16(14)13-24-7-4-15(5-8-24)20-23-22-19-12-21-6-9-25(19)20;/h10-11,15,21H,4-9,12-13H2,1-3H3;1H. The van der Waals surface area contributed by atoms with Crippen molar-refractivity contribution in [2.75, 3.05) is 33.9 Å². The van der Waals surface area contributed by atoms with Crippen LogP contribution in [0.15, 0.2) is 12.1 Å². The van der Waals surface area contributed by atoms with Gasteiger partial charge in [0.05, 0.1) is 20.8 Å². The largest absolute Gasteiger partial charge is 0.493 e. The van der Waals surface area contributed by atoms with Gasteiger partial charge in [0.1, 0.15) is 11.6 Å². The maximum atomic E-state index is 5.47. The fraction of sp³-hybridized carbons (Fsp3) is 0.600. The molecule has 3 heterocycles. The lowest BCUT2D eigenvalue weighted by Crippen LogP contribution is -2.35. The van der Waals surface area contributed by atoms with Crippen molar-refractivity contribution in [3.05, 3.63) is 34.9 Å². The van der Waals surface area contributed by atoms with Crippen molar-refractivity contribution in [2.45, 2.75) is 45.3 Å². The van der Waals surface area contributed by atoms with Crippen LogP contribution in [-0.4, -0.2) is 53.5 Å². The van der Waals surface area contributed by atoms with Crippen LogP contribution >= 0.6 is 12.4 Å². The number of rotatable bonds is 5. The van der Waals surface area contributed by atoms with Crippen LogP contribution in [0, 0.1) is 6.92 Å². The van der Waals surface area contributed by atoms with E-state index < -0.39 is 0 Å². The number of nitrogens with zero attached hydrogens (tertiary/aromatic N) is 4. The van der Waals surface area contributed by atoms with E-state index in [4.69, 9.17) is 9.47 Å². The average molecular weight is 408 g/mol. The number of methoxy groups -OCH3 is 2. The predicted molar refractivity (Wildman–Crippen MR) is 111 cm³/mol. The highest BCUT2D eigenvalue weighted by Crippen LogP contribution is 2.32. The van der Waals surface area contributed by atoms with Gasteiger partial charge in [0.2, 0.25) is 0 Å². The summed E-state index contributed by atoms with van der Waals surface area (Å²) in [6, 6.07) is 4.18. The number of benzene rings is 1. The Morgan fingerprint density at radius 2 is 1.79 bits per heavy atom. The second-order valence-corrected chi connectivity index (χ2v) is 7.49. The Morgan fingerprint density at radius 1 is 1.07 bits per heavy atom. The minimum atomic E-state index is 0. The summed E-state index contributed by atoms with van der Waals surface area (Å²) in [5, 5.41) is 12.3. The van der Waals surface area contributed by atoms with Gasteiger partial charge in [-0.3, -0.25) is 4.90 Å². The summed E-state index contributed by atoms with van der Waals surface area (Å²) in [7, 11) is 3.37. The third-order valence-corrected chi connectivity index (χ3v) is 5.84. The number of hydrogen-bond donors (Lipinski definition) is 1. The van der Waals surface area contributed by atoms with Gasteiger partial charge in [0, 0.05) is 25.6 Å². The van der Waals surface area contributed by atoms with Crippen LogP contribution in [0.25, 0.3) is 0 Å². The molecule has 2 aliphatic heterocycles. The zero-order chi connectivity index (χ0) is 18.8. The van der Waals surface area contributed by atoms with Crippen LogP contribution in [-0.2, 0) is 19.6 Å². The van der Waals surface area contributed by atoms with E-state index in [-0.39, 0.29) is 12.4 Å². The highest BCUT2D eigenvalue weighted by atomic mass is 35.5. The minimum absolute atomic E-state index is 0. The molecule has 4 rings (SSSR count). The van der Waals surface area contributed by atoms with E-state index in [1.165, 1.54) is 17.0 Å². The minimum Gasteiger partial charge on any atom is -0.493 e. The molecule has 2 aliphatic rings. The summed E-state index contributed by atoms with van der Waals surface area (Å²) in [6.45, 7) is 8.09. The smallest absolute Gasteiger partial charge is 0.161 e. The third kappa shape index (κ3) is 4.11. The molecule has 0 aliphatic carbocycles. The summed E-state index contributed by atoms with van der Waals surface area (Å²) in [5.41, 5.74) is 2.55. The molecule has 28 heavy (non-hydrogen) atoms. The molecule has 0 bridgehead atoms. The first kappa shape index (κ1) is 20.9. The van der Waals surface area contributed by atoms with Crippen molar-refractivity contribution in [1.29, 1.82) is 0 Å². The molecule has 0 spiro atoms. The number of fused-ring (bicyclic) bond motifs is 1. The quantitative estimate of drug-likeness (QED) is 0.821. The van der Waals surface area contributed by atoms with E-state index in [1.54, 1.807) is 14.2 Å². The van der Waals surface area contributed by atoms with Crippen LogP contribution < -0.4 is 14.8 Å². The number of aryl methyl sites for hydroxylation is 1. The van der Waals surface area contributed by atoms with E-state index in [0.29, 0.717) is 5.92 Å². The molecule has 2 aromatic rings. The Balaban J connectivity index is 0.00000225. The van der Waals surface area contributed by atoms with Crippen LogP contribution in [0.5, 0.6) is 11.5 Å². The SMILES string of the molecule is COc1cc(C)c(CN2CCC(c3nnc4n3CCNC4)CC2)cc1OC.Cl. The monoisotopic (exact) mass is 407 g/mol. The molecule has 1 aromatic heterocycles. The first-order chi connectivity index (χ1) is 13.2. The Bertz CT molecular complexity index is 802. The second-order valence-electron chi connectivity index (χ2n) is 7.49. The molecule has 8 heteroatoms. The molecule has 0 amide bonds. The first-order valence-corrected chi connectivity index (χ1v) is 9.76. The summed E-state index contributed by atoms with van der Waals surface area (Å²) in [5.74, 6) is 4.39. The number of likely N-dealkylation sites (tertiary alicyclic amines) is 1.